The summed E-state index contributed by atoms with van der Waals surface area (Å²) in [4.78, 5) is 10.8. The fourth-order valence-electron chi connectivity index (χ4n) is 2.05. The maximum atomic E-state index is 10.8. The van der Waals surface area contributed by atoms with E-state index >= 15 is 0 Å². The number of hydrogen-bond donors (Lipinski definition) is 4. The molecule has 5 nitrogen and oxygen atoms in total. The van der Waals surface area contributed by atoms with Gasteiger partial charge in [0.1, 0.15) is 6.10 Å². The average Bonchev–Trinajstić information content (AvgIpc) is 2.11. The van der Waals surface area contributed by atoms with E-state index in [1.54, 1.807) is 13.8 Å². The molecule has 0 aromatic heterocycles. The van der Waals surface area contributed by atoms with E-state index in [2.05, 4.69) is 0 Å². The molecule has 0 bridgehead atoms. The van der Waals surface area contributed by atoms with Gasteiger partial charge in [-0.25, -0.2) is 0 Å². The molecule has 0 aromatic rings. The third kappa shape index (κ3) is 1.63. The van der Waals surface area contributed by atoms with Gasteiger partial charge in [0.25, 0.3) is 0 Å². The standard InChI is InChI=1S/C9H16O5/c1-3-4(2)6(10)8(12)7(11)5(3)9(13)14/h3-8,10-12H,1-2H3,(H,13,14)/t3?,4-,5?,6?,7?,8?/m1/s1. The van der Waals surface area contributed by atoms with Gasteiger partial charge in [-0.05, 0) is 11.8 Å². The van der Waals surface area contributed by atoms with Crippen LogP contribution in [-0.2, 0) is 4.79 Å². The van der Waals surface area contributed by atoms with Crippen LogP contribution in [0.3, 0.4) is 0 Å². The number of aliphatic carboxylic acids is 1. The molecule has 14 heavy (non-hydrogen) atoms. The lowest BCUT2D eigenvalue weighted by Crippen LogP contribution is -2.56. The predicted octanol–water partition coefficient (Wildman–Crippen LogP) is -0.944. The molecule has 1 saturated carbocycles. The van der Waals surface area contributed by atoms with Crippen LogP contribution in [0.25, 0.3) is 0 Å². The minimum Gasteiger partial charge on any atom is -0.481 e. The summed E-state index contributed by atoms with van der Waals surface area (Å²) in [6.07, 6.45) is -3.83. The third-order valence-electron chi connectivity index (χ3n) is 3.29. The second-order valence-electron chi connectivity index (χ2n) is 4.05. The molecule has 0 aliphatic heterocycles. The van der Waals surface area contributed by atoms with E-state index in [1.165, 1.54) is 0 Å². The highest BCUT2D eigenvalue weighted by Crippen LogP contribution is 2.35. The molecule has 0 amide bonds. The van der Waals surface area contributed by atoms with E-state index < -0.39 is 30.2 Å². The number of aliphatic hydroxyl groups excluding tert-OH is 3. The topological polar surface area (TPSA) is 98.0 Å². The van der Waals surface area contributed by atoms with Crippen molar-refractivity contribution in [2.45, 2.75) is 32.2 Å². The summed E-state index contributed by atoms with van der Waals surface area (Å²) < 4.78 is 0. The molecular weight excluding hydrogens is 188 g/mol. The normalized spacial score (nSPS) is 48.9. The monoisotopic (exact) mass is 204 g/mol. The Hall–Kier alpha value is -0.650. The molecule has 1 aliphatic rings. The highest BCUT2D eigenvalue weighted by atomic mass is 16.4. The number of carbonyl (C=O) groups is 1. The number of carboxylic acids is 1. The Morgan fingerprint density at radius 1 is 0.929 bits per heavy atom. The molecule has 6 atom stereocenters. The van der Waals surface area contributed by atoms with Gasteiger partial charge in [-0.15, -0.1) is 0 Å². The summed E-state index contributed by atoms with van der Waals surface area (Å²) in [6.45, 7) is 3.32. The molecule has 0 spiro atoms. The van der Waals surface area contributed by atoms with Gasteiger partial charge in [0.2, 0.25) is 0 Å². The van der Waals surface area contributed by atoms with Crippen molar-refractivity contribution in [2.75, 3.05) is 0 Å². The zero-order valence-electron chi connectivity index (χ0n) is 8.16. The van der Waals surface area contributed by atoms with Crippen molar-refractivity contribution < 1.29 is 25.2 Å². The molecule has 5 unspecified atom stereocenters. The lowest BCUT2D eigenvalue weighted by atomic mass is 9.69. The number of rotatable bonds is 1. The molecule has 0 saturated heterocycles. The molecule has 0 heterocycles. The Balaban J connectivity index is 2.92. The summed E-state index contributed by atoms with van der Waals surface area (Å²) >= 11 is 0. The van der Waals surface area contributed by atoms with Crippen molar-refractivity contribution in [3.05, 3.63) is 0 Å². The maximum absolute atomic E-state index is 10.8. The van der Waals surface area contributed by atoms with E-state index in [9.17, 15) is 20.1 Å². The van der Waals surface area contributed by atoms with Crippen LogP contribution >= 0.6 is 0 Å². The number of carboxylic acid groups (broad SMARTS) is 1. The molecular formula is C9H16O5. The van der Waals surface area contributed by atoms with Gasteiger partial charge >= 0.3 is 5.97 Å². The smallest absolute Gasteiger partial charge is 0.309 e. The lowest BCUT2D eigenvalue weighted by Gasteiger charge is -2.41. The van der Waals surface area contributed by atoms with Gasteiger partial charge in [0.15, 0.2) is 0 Å². The fraction of sp³-hybridized carbons (Fsp3) is 0.889. The first-order valence-electron chi connectivity index (χ1n) is 4.65. The second-order valence-corrected chi connectivity index (χ2v) is 4.05. The molecule has 5 heteroatoms. The van der Waals surface area contributed by atoms with Crippen LogP contribution in [0.2, 0.25) is 0 Å². The Kier molecular flexibility index (Phi) is 3.14. The maximum Gasteiger partial charge on any atom is 0.309 e. The van der Waals surface area contributed by atoms with Crippen LogP contribution in [-0.4, -0.2) is 44.7 Å². The van der Waals surface area contributed by atoms with Gasteiger partial charge in [0.05, 0.1) is 18.1 Å². The largest absolute Gasteiger partial charge is 0.481 e. The van der Waals surface area contributed by atoms with E-state index in [0.29, 0.717) is 0 Å². The summed E-state index contributed by atoms with van der Waals surface area (Å²) in [5.74, 6) is -2.85. The van der Waals surface area contributed by atoms with Gasteiger partial charge in [0, 0.05) is 0 Å². The lowest BCUT2D eigenvalue weighted by molar-refractivity contribution is -0.178. The molecule has 1 aliphatic carbocycles. The van der Waals surface area contributed by atoms with Crippen LogP contribution in [0.15, 0.2) is 0 Å². The van der Waals surface area contributed by atoms with Gasteiger partial charge in [-0.1, -0.05) is 13.8 Å². The molecule has 1 rings (SSSR count). The SMILES string of the molecule is CC1C(C(=O)O)C(O)C(O)C(O)[C@@H]1C. The Morgan fingerprint density at radius 2 is 1.43 bits per heavy atom. The van der Waals surface area contributed by atoms with Crippen LogP contribution in [0.1, 0.15) is 13.8 Å². The minimum absolute atomic E-state index is 0.338. The van der Waals surface area contributed by atoms with E-state index in [0.717, 1.165) is 0 Å². The molecule has 0 radical (unpaired) electrons. The summed E-state index contributed by atoms with van der Waals surface area (Å²) in [5, 5.41) is 37.2. The second kappa shape index (κ2) is 3.84. The Morgan fingerprint density at radius 3 is 1.86 bits per heavy atom. The van der Waals surface area contributed by atoms with Crippen molar-refractivity contribution >= 4 is 5.97 Å². The zero-order valence-corrected chi connectivity index (χ0v) is 8.16. The zero-order chi connectivity index (χ0) is 11.0. The van der Waals surface area contributed by atoms with E-state index in [4.69, 9.17) is 5.11 Å². The number of hydrogen-bond acceptors (Lipinski definition) is 4. The minimum atomic E-state index is -1.39. The summed E-state index contributed by atoms with van der Waals surface area (Å²) in [6, 6.07) is 0. The molecule has 1 fully saturated rings. The van der Waals surface area contributed by atoms with Crippen molar-refractivity contribution in [3.63, 3.8) is 0 Å². The summed E-state index contributed by atoms with van der Waals surface area (Å²) in [5.41, 5.74) is 0. The van der Waals surface area contributed by atoms with Crippen LogP contribution in [0, 0.1) is 17.8 Å². The molecule has 4 N–H and O–H groups in total. The number of aliphatic hydroxyl groups is 3. The molecule has 82 valence electrons. The van der Waals surface area contributed by atoms with Crippen molar-refractivity contribution in [3.8, 4) is 0 Å². The van der Waals surface area contributed by atoms with Gasteiger partial charge < -0.3 is 20.4 Å². The third-order valence-corrected chi connectivity index (χ3v) is 3.29. The first-order valence-corrected chi connectivity index (χ1v) is 4.65. The van der Waals surface area contributed by atoms with Crippen LogP contribution in [0.5, 0.6) is 0 Å². The van der Waals surface area contributed by atoms with E-state index in [1.807, 2.05) is 0 Å². The Bertz CT molecular complexity index is 213. The van der Waals surface area contributed by atoms with Gasteiger partial charge in [-0.3, -0.25) is 4.79 Å². The quantitative estimate of drug-likeness (QED) is 0.441. The van der Waals surface area contributed by atoms with Crippen LogP contribution < -0.4 is 0 Å². The first-order chi connectivity index (χ1) is 6.37. The molecule has 0 aromatic carbocycles. The Labute approximate surface area is 82.0 Å². The van der Waals surface area contributed by atoms with Crippen molar-refractivity contribution in [2.24, 2.45) is 17.8 Å². The highest BCUT2D eigenvalue weighted by molar-refractivity contribution is 5.71. The van der Waals surface area contributed by atoms with Crippen LogP contribution in [0.4, 0.5) is 0 Å². The fourth-order valence-corrected chi connectivity index (χ4v) is 2.05. The van der Waals surface area contributed by atoms with Crippen molar-refractivity contribution in [1.82, 2.24) is 0 Å². The predicted molar refractivity (Wildman–Crippen MR) is 47.5 cm³/mol. The van der Waals surface area contributed by atoms with Gasteiger partial charge in [-0.2, -0.15) is 0 Å². The average molecular weight is 204 g/mol. The highest BCUT2D eigenvalue weighted by Gasteiger charge is 2.48. The summed E-state index contributed by atoms with van der Waals surface area (Å²) in [7, 11) is 0. The van der Waals surface area contributed by atoms with E-state index in [-0.39, 0.29) is 11.8 Å². The first kappa shape index (κ1) is 11.4. The van der Waals surface area contributed by atoms with Crippen molar-refractivity contribution in [1.29, 1.82) is 0 Å².